The van der Waals surface area contributed by atoms with Gasteiger partial charge in [0.2, 0.25) is 0 Å². The van der Waals surface area contributed by atoms with Gasteiger partial charge in [-0.25, -0.2) is 0 Å². The van der Waals surface area contributed by atoms with Crippen molar-refractivity contribution in [1.82, 2.24) is 20.1 Å². The Balaban J connectivity index is 0.00000288. The molecule has 1 aliphatic rings. The Bertz CT molecular complexity index is 513. The zero-order valence-electron chi connectivity index (χ0n) is 15.0. The Morgan fingerprint density at radius 1 is 1.42 bits per heavy atom. The molecule has 1 aliphatic carbocycles. The monoisotopic (exact) mass is 466 g/mol. The van der Waals surface area contributed by atoms with Crippen LogP contribution in [0.15, 0.2) is 10.1 Å². The van der Waals surface area contributed by atoms with Crippen molar-refractivity contribution in [1.29, 1.82) is 0 Å². The van der Waals surface area contributed by atoms with Crippen LogP contribution in [0.25, 0.3) is 0 Å². The molecule has 8 heteroatoms. The lowest BCUT2D eigenvalue weighted by atomic mass is 9.86. The Morgan fingerprint density at radius 3 is 2.75 bits per heavy atom. The first-order chi connectivity index (χ1) is 11.1. The number of thioether (sulfide) groups is 1. The molecule has 1 fully saturated rings. The van der Waals surface area contributed by atoms with Crippen molar-refractivity contribution in [3.63, 3.8) is 0 Å². The first kappa shape index (κ1) is 21.5. The van der Waals surface area contributed by atoms with Gasteiger partial charge in [-0.1, -0.05) is 32.0 Å². The number of nitrogens with zero attached hydrogens (tertiary/aromatic N) is 4. The molecule has 0 atom stereocenters. The van der Waals surface area contributed by atoms with Crippen LogP contribution >= 0.6 is 35.7 Å². The van der Waals surface area contributed by atoms with Crippen LogP contribution in [0.5, 0.6) is 0 Å². The quantitative estimate of drug-likeness (QED) is 0.192. The summed E-state index contributed by atoms with van der Waals surface area (Å²) < 4.78 is 2.24. The molecular formula is C16H31IN6S. The van der Waals surface area contributed by atoms with E-state index in [-0.39, 0.29) is 24.0 Å². The fourth-order valence-electron chi connectivity index (χ4n) is 2.63. The van der Waals surface area contributed by atoms with Gasteiger partial charge in [-0.05, 0) is 37.4 Å². The van der Waals surface area contributed by atoms with Gasteiger partial charge in [0.1, 0.15) is 5.82 Å². The van der Waals surface area contributed by atoms with Crippen LogP contribution in [0.2, 0.25) is 0 Å². The second kappa shape index (κ2) is 11.2. The molecule has 0 radical (unpaired) electrons. The lowest BCUT2D eigenvalue weighted by molar-refractivity contribution is 0.326. The second-order valence-corrected chi connectivity index (χ2v) is 7.43. The van der Waals surface area contributed by atoms with Gasteiger partial charge < -0.3 is 15.6 Å². The molecule has 1 heterocycles. The van der Waals surface area contributed by atoms with Crippen LogP contribution in [0.1, 0.15) is 45.4 Å². The van der Waals surface area contributed by atoms with Crippen LogP contribution in [0.4, 0.5) is 0 Å². The van der Waals surface area contributed by atoms with Gasteiger partial charge in [0.05, 0.1) is 0 Å². The van der Waals surface area contributed by atoms with Gasteiger partial charge in [0, 0.05) is 26.1 Å². The summed E-state index contributed by atoms with van der Waals surface area (Å²) in [6, 6.07) is 0. The first-order valence-electron chi connectivity index (χ1n) is 8.60. The van der Waals surface area contributed by atoms with Gasteiger partial charge in [0.25, 0.3) is 0 Å². The summed E-state index contributed by atoms with van der Waals surface area (Å²) in [5.41, 5.74) is 5.90. The number of guanidine groups is 1. The van der Waals surface area contributed by atoms with Crippen molar-refractivity contribution in [2.24, 2.45) is 22.6 Å². The third-order valence-corrected chi connectivity index (χ3v) is 4.82. The molecule has 0 spiro atoms. The minimum Gasteiger partial charge on any atom is -0.370 e. The molecular weight excluding hydrogens is 435 g/mol. The fraction of sp³-hybridized carbons (Fsp3) is 0.812. The van der Waals surface area contributed by atoms with Crippen LogP contribution in [-0.2, 0) is 13.0 Å². The molecule has 1 saturated carbocycles. The molecule has 0 bridgehead atoms. The molecule has 1 aromatic heterocycles. The summed E-state index contributed by atoms with van der Waals surface area (Å²) in [6.07, 6.45) is 7.89. The van der Waals surface area contributed by atoms with Gasteiger partial charge >= 0.3 is 0 Å². The maximum absolute atomic E-state index is 5.90. The van der Waals surface area contributed by atoms with E-state index in [0.29, 0.717) is 11.9 Å². The number of halogens is 1. The van der Waals surface area contributed by atoms with E-state index in [0.717, 1.165) is 49.4 Å². The van der Waals surface area contributed by atoms with E-state index < -0.39 is 0 Å². The maximum atomic E-state index is 5.90. The zero-order chi connectivity index (χ0) is 16.7. The fourth-order valence-corrected chi connectivity index (χ4v) is 3.15. The third kappa shape index (κ3) is 6.78. The van der Waals surface area contributed by atoms with E-state index in [2.05, 4.69) is 38.9 Å². The lowest BCUT2D eigenvalue weighted by Crippen LogP contribution is -2.33. The van der Waals surface area contributed by atoms with Gasteiger partial charge in [-0.15, -0.1) is 34.2 Å². The Labute approximate surface area is 166 Å². The van der Waals surface area contributed by atoms with Crippen LogP contribution in [0.3, 0.4) is 0 Å². The van der Waals surface area contributed by atoms with Crippen molar-refractivity contribution in [2.45, 2.75) is 57.7 Å². The number of nitrogens with one attached hydrogen (secondary N) is 1. The van der Waals surface area contributed by atoms with Crippen molar-refractivity contribution >= 4 is 41.7 Å². The third-order valence-electron chi connectivity index (χ3n) is 4.15. The highest BCUT2D eigenvalue weighted by Crippen LogP contribution is 2.26. The second-order valence-electron chi connectivity index (χ2n) is 6.66. The van der Waals surface area contributed by atoms with Crippen LogP contribution in [0, 0.1) is 11.8 Å². The molecule has 0 aromatic carbocycles. The minimum atomic E-state index is 0. The molecule has 1 aromatic rings. The van der Waals surface area contributed by atoms with Gasteiger partial charge in [0.15, 0.2) is 11.1 Å². The van der Waals surface area contributed by atoms with Crippen molar-refractivity contribution < 1.29 is 0 Å². The summed E-state index contributed by atoms with van der Waals surface area (Å²) in [6.45, 7) is 7.10. The summed E-state index contributed by atoms with van der Waals surface area (Å²) in [7, 11) is 0. The normalized spacial score (nSPS) is 15.2. The largest absolute Gasteiger partial charge is 0.370 e. The molecule has 6 nitrogen and oxygen atoms in total. The molecule has 0 saturated heterocycles. The number of aromatic nitrogens is 3. The van der Waals surface area contributed by atoms with E-state index >= 15 is 0 Å². The summed E-state index contributed by atoms with van der Waals surface area (Å²) in [4.78, 5) is 4.41. The topological polar surface area (TPSA) is 81.1 Å². The number of aliphatic imine (C=N–C) groups is 1. The number of hydrogen-bond acceptors (Lipinski definition) is 4. The molecule has 24 heavy (non-hydrogen) atoms. The summed E-state index contributed by atoms with van der Waals surface area (Å²) >= 11 is 1.65. The average Bonchev–Trinajstić information content (AvgIpc) is 2.83. The highest BCUT2D eigenvalue weighted by molar-refractivity contribution is 14.0. The van der Waals surface area contributed by atoms with Gasteiger partial charge in [-0.2, -0.15) is 0 Å². The van der Waals surface area contributed by atoms with Crippen LogP contribution in [-0.4, -0.2) is 40.1 Å². The molecule has 0 aliphatic heterocycles. The van der Waals surface area contributed by atoms with E-state index in [9.17, 15) is 0 Å². The first-order valence-corrected chi connectivity index (χ1v) is 9.82. The van der Waals surface area contributed by atoms with Gasteiger partial charge in [-0.3, -0.25) is 4.99 Å². The Morgan fingerprint density at radius 2 is 2.17 bits per heavy atom. The molecule has 2 rings (SSSR count). The molecule has 3 N–H and O–H groups in total. The average molecular weight is 466 g/mol. The van der Waals surface area contributed by atoms with Crippen molar-refractivity contribution in [2.75, 3.05) is 19.3 Å². The molecule has 0 unspecified atom stereocenters. The van der Waals surface area contributed by atoms with E-state index in [1.165, 1.54) is 19.3 Å². The van der Waals surface area contributed by atoms with E-state index in [1.807, 2.05) is 6.26 Å². The standard InChI is InChI=1S/C16H30N6S.HI/c1-12(2)11-22-14(20-21-16(22)23-3)8-5-9-18-15(17)19-10-13-6-4-7-13;/h12-13H,4-11H2,1-3H3,(H3,17,18,19);1H. The predicted molar refractivity (Wildman–Crippen MR) is 112 cm³/mol. The summed E-state index contributed by atoms with van der Waals surface area (Å²) in [5.74, 6) is 2.98. The molecule has 138 valence electrons. The minimum absolute atomic E-state index is 0. The number of nitrogens with two attached hydrogens (primary N) is 1. The van der Waals surface area contributed by atoms with E-state index in [1.54, 1.807) is 11.8 Å². The van der Waals surface area contributed by atoms with Crippen LogP contribution < -0.4 is 11.1 Å². The lowest BCUT2D eigenvalue weighted by Gasteiger charge is -2.23. The number of hydrogen-bond donors (Lipinski definition) is 2. The number of aryl methyl sites for hydroxylation is 1. The molecule has 0 amide bonds. The zero-order valence-corrected chi connectivity index (χ0v) is 18.1. The number of rotatable bonds is 9. The van der Waals surface area contributed by atoms with Crippen molar-refractivity contribution in [3.05, 3.63) is 5.82 Å². The smallest absolute Gasteiger partial charge is 0.190 e. The van der Waals surface area contributed by atoms with Crippen molar-refractivity contribution in [3.8, 4) is 0 Å². The summed E-state index contributed by atoms with van der Waals surface area (Å²) in [5, 5.41) is 12.8. The highest BCUT2D eigenvalue weighted by atomic mass is 127. The SMILES string of the molecule is CSc1nnc(CCCNC(N)=NCC2CCC2)n1CC(C)C.I. The maximum Gasteiger partial charge on any atom is 0.190 e. The Kier molecular flexibility index (Phi) is 10.0. The van der Waals surface area contributed by atoms with E-state index in [4.69, 9.17) is 5.73 Å². The Hall–Kier alpha value is -0.510. The predicted octanol–water partition coefficient (Wildman–Crippen LogP) is 2.91. The highest BCUT2D eigenvalue weighted by Gasteiger charge is 2.16.